The summed E-state index contributed by atoms with van der Waals surface area (Å²) in [6, 6.07) is 32.4. The smallest absolute Gasteiger partial charge is 0.0355 e. The Hall–Kier alpha value is -3.02. The van der Waals surface area contributed by atoms with Gasteiger partial charge in [0, 0.05) is 26.7 Å². The van der Waals surface area contributed by atoms with Crippen molar-refractivity contribution in [1.82, 2.24) is 4.90 Å². The molecule has 0 amide bonds. The number of fused-ring (bicyclic) bond motifs is 3. The quantitative estimate of drug-likeness (QED) is 0.103. The molecule has 0 unspecified atom stereocenters. The lowest BCUT2D eigenvalue weighted by molar-refractivity contribution is 0.257. The molecule has 0 radical (unpaired) electrons. The van der Waals surface area contributed by atoms with Crippen molar-refractivity contribution in [3.05, 3.63) is 96.1 Å². The molecule has 4 N–H and O–H groups in total. The van der Waals surface area contributed by atoms with Gasteiger partial charge in [-0.2, -0.15) is 0 Å². The van der Waals surface area contributed by atoms with E-state index >= 15 is 0 Å². The molecule has 5 rings (SSSR count). The van der Waals surface area contributed by atoms with Crippen LogP contribution in [-0.2, 0) is 13.0 Å². The predicted octanol–water partition coefficient (Wildman–Crippen LogP) is 10.4. The lowest BCUT2D eigenvalue weighted by Gasteiger charge is -2.22. The largest absolute Gasteiger partial charge is 0.330 e. The molecule has 0 saturated carbocycles. The average molecular weight is 620 g/mol. The summed E-state index contributed by atoms with van der Waals surface area (Å²) >= 11 is 1.90. The van der Waals surface area contributed by atoms with Crippen molar-refractivity contribution < 1.29 is 0 Å². The Morgan fingerprint density at radius 2 is 1.11 bits per heavy atom. The van der Waals surface area contributed by atoms with Gasteiger partial charge < -0.3 is 11.5 Å². The molecule has 3 nitrogen and oxygen atoms in total. The zero-order valence-corrected chi connectivity index (χ0v) is 28.4. The summed E-state index contributed by atoms with van der Waals surface area (Å²) < 4.78 is 2.70. The molecule has 0 atom stereocenters. The van der Waals surface area contributed by atoms with Crippen molar-refractivity contribution in [3.63, 3.8) is 0 Å². The Kier molecular flexibility index (Phi) is 12.6. The zero-order valence-electron chi connectivity index (χ0n) is 27.6. The Labute approximate surface area is 275 Å². The van der Waals surface area contributed by atoms with Crippen molar-refractivity contribution >= 4 is 31.5 Å². The number of nitrogens with zero attached hydrogens (tertiary/aromatic N) is 1. The minimum absolute atomic E-state index is 0.642. The highest BCUT2D eigenvalue weighted by Gasteiger charge is 2.13. The van der Waals surface area contributed by atoms with Gasteiger partial charge in [-0.1, -0.05) is 81.3 Å². The van der Waals surface area contributed by atoms with Crippen molar-refractivity contribution in [2.75, 3.05) is 26.2 Å². The van der Waals surface area contributed by atoms with Crippen LogP contribution in [0.4, 0.5) is 0 Å². The Morgan fingerprint density at radius 3 is 1.64 bits per heavy atom. The SMILES string of the molecule is CCCCN(CCCC)Cc1cccc(-c2ccc3sc4ccc(-c5cccc(CC(CCCN)CCCN)c5)cc4c3c2)c1. The fourth-order valence-electron chi connectivity index (χ4n) is 6.65. The molecule has 45 heavy (non-hydrogen) atoms. The van der Waals surface area contributed by atoms with E-state index in [1.165, 1.54) is 105 Å². The normalized spacial score (nSPS) is 11.9. The van der Waals surface area contributed by atoms with Crippen LogP contribution in [0.25, 0.3) is 42.4 Å². The fourth-order valence-corrected chi connectivity index (χ4v) is 7.72. The van der Waals surface area contributed by atoms with Crippen LogP contribution in [0.15, 0.2) is 84.9 Å². The van der Waals surface area contributed by atoms with Crippen molar-refractivity contribution in [2.24, 2.45) is 17.4 Å². The van der Waals surface area contributed by atoms with Gasteiger partial charge in [-0.3, -0.25) is 4.90 Å². The van der Waals surface area contributed by atoms with Crippen LogP contribution in [-0.4, -0.2) is 31.1 Å². The van der Waals surface area contributed by atoms with Crippen LogP contribution in [0.2, 0.25) is 0 Å². The third-order valence-corrected chi connectivity index (χ3v) is 10.4. The second-order valence-corrected chi connectivity index (χ2v) is 13.9. The number of thiophene rings is 1. The van der Waals surface area contributed by atoms with E-state index in [1.54, 1.807) is 0 Å². The summed E-state index contributed by atoms with van der Waals surface area (Å²) in [4.78, 5) is 2.64. The molecule has 4 heteroatoms. The number of hydrogen-bond donors (Lipinski definition) is 2. The summed E-state index contributed by atoms with van der Waals surface area (Å²) in [5, 5.41) is 2.71. The van der Waals surface area contributed by atoms with Gasteiger partial charge in [-0.25, -0.2) is 0 Å². The second-order valence-electron chi connectivity index (χ2n) is 12.8. The summed E-state index contributed by atoms with van der Waals surface area (Å²) in [5.74, 6) is 0.642. The van der Waals surface area contributed by atoms with E-state index < -0.39 is 0 Å². The maximum atomic E-state index is 5.84. The Bertz CT molecular complexity index is 1500. The maximum absolute atomic E-state index is 5.84. The van der Waals surface area contributed by atoms with E-state index in [0.717, 1.165) is 38.9 Å². The molecule has 4 aromatic carbocycles. The van der Waals surface area contributed by atoms with Crippen LogP contribution in [0.5, 0.6) is 0 Å². The van der Waals surface area contributed by atoms with E-state index in [0.29, 0.717) is 5.92 Å². The van der Waals surface area contributed by atoms with Crippen LogP contribution in [0.1, 0.15) is 76.3 Å². The summed E-state index contributed by atoms with van der Waals surface area (Å²) in [6.07, 6.45) is 10.6. The number of benzene rings is 4. The molecular weight excluding hydrogens is 567 g/mol. The van der Waals surface area contributed by atoms with Crippen LogP contribution < -0.4 is 11.5 Å². The van der Waals surface area contributed by atoms with Gasteiger partial charge in [0.15, 0.2) is 0 Å². The van der Waals surface area contributed by atoms with E-state index in [4.69, 9.17) is 11.5 Å². The highest BCUT2D eigenvalue weighted by molar-refractivity contribution is 7.25. The molecule has 0 fully saturated rings. The monoisotopic (exact) mass is 619 g/mol. The van der Waals surface area contributed by atoms with Crippen LogP contribution in [0, 0.1) is 5.92 Å². The van der Waals surface area contributed by atoms with Gasteiger partial charge in [-0.05, 0) is 141 Å². The molecule has 0 aliphatic carbocycles. The van der Waals surface area contributed by atoms with Crippen molar-refractivity contribution in [1.29, 1.82) is 0 Å². The van der Waals surface area contributed by atoms with Gasteiger partial charge in [0.25, 0.3) is 0 Å². The summed E-state index contributed by atoms with van der Waals surface area (Å²) in [7, 11) is 0. The topological polar surface area (TPSA) is 55.3 Å². The lowest BCUT2D eigenvalue weighted by Crippen LogP contribution is -2.25. The highest BCUT2D eigenvalue weighted by Crippen LogP contribution is 2.39. The molecule has 1 heterocycles. The molecule has 0 aliphatic heterocycles. The van der Waals surface area contributed by atoms with Gasteiger partial charge in [0.1, 0.15) is 0 Å². The first kappa shape index (κ1) is 33.3. The first-order chi connectivity index (χ1) is 22.1. The third kappa shape index (κ3) is 9.04. The Morgan fingerprint density at radius 1 is 0.600 bits per heavy atom. The third-order valence-electron chi connectivity index (χ3n) is 9.21. The van der Waals surface area contributed by atoms with E-state index in [9.17, 15) is 0 Å². The first-order valence-electron chi connectivity index (χ1n) is 17.4. The minimum atomic E-state index is 0.642. The number of rotatable bonds is 18. The van der Waals surface area contributed by atoms with Gasteiger partial charge >= 0.3 is 0 Å². The van der Waals surface area contributed by atoms with E-state index in [2.05, 4.69) is 104 Å². The molecular formula is C41H53N3S. The number of hydrogen-bond acceptors (Lipinski definition) is 4. The summed E-state index contributed by atoms with van der Waals surface area (Å²) in [6.45, 7) is 9.49. The van der Waals surface area contributed by atoms with Crippen LogP contribution >= 0.6 is 11.3 Å². The number of unbranched alkanes of at least 4 members (excludes halogenated alkanes) is 2. The molecule has 5 aromatic rings. The minimum Gasteiger partial charge on any atom is -0.330 e. The number of nitrogens with two attached hydrogens (primary N) is 2. The molecule has 238 valence electrons. The molecule has 1 aromatic heterocycles. The van der Waals surface area contributed by atoms with Gasteiger partial charge in [0.05, 0.1) is 0 Å². The predicted molar refractivity (Wildman–Crippen MR) is 199 cm³/mol. The zero-order chi connectivity index (χ0) is 31.4. The second kappa shape index (κ2) is 17.1. The first-order valence-corrected chi connectivity index (χ1v) is 18.2. The Balaban J connectivity index is 1.40. The van der Waals surface area contributed by atoms with E-state index in [1.807, 2.05) is 11.3 Å². The van der Waals surface area contributed by atoms with Crippen LogP contribution in [0.3, 0.4) is 0 Å². The average Bonchev–Trinajstić information content (AvgIpc) is 3.44. The lowest BCUT2D eigenvalue weighted by atomic mass is 9.89. The van der Waals surface area contributed by atoms with Crippen molar-refractivity contribution in [3.8, 4) is 22.3 Å². The van der Waals surface area contributed by atoms with Gasteiger partial charge in [0.2, 0.25) is 0 Å². The molecule has 0 saturated heterocycles. The van der Waals surface area contributed by atoms with Gasteiger partial charge in [-0.15, -0.1) is 11.3 Å². The molecule has 0 spiro atoms. The highest BCUT2D eigenvalue weighted by atomic mass is 32.1. The van der Waals surface area contributed by atoms with E-state index in [-0.39, 0.29) is 0 Å². The molecule has 0 aliphatic rings. The summed E-state index contributed by atoms with van der Waals surface area (Å²) in [5.41, 5.74) is 19.7. The fraction of sp³-hybridized carbons (Fsp3) is 0.415. The maximum Gasteiger partial charge on any atom is 0.0355 e. The van der Waals surface area contributed by atoms with Crippen molar-refractivity contribution in [2.45, 2.75) is 78.2 Å². The standard InChI is InChI=1S/C41H53N3S/c1-3-5-23-44(24-6-4-2)30-33-12-8-16-35(27-33)37-18-20-41-39(29-37)38-28-36(17-19-40(38)45-41)34-15-7-11-32(26-34)25-31(13-9-21-42)14-10-22-43/h7-8,11-12,15-20,26-29,31H,3-6,9-10,13-14,21-25,30,42-43H2,1-2H3. The molecule has 0 bridgehead atoms.